The lowest BCUT2D eigenvalue weighted by Gasteiger charge is -2.17. The Kier molecular flexibility index (Phi) is 4.56. The lowest BCUT2D eigenvalue weighted by atomic mass is 9.97. The highest BCUT2D eigenvalue weighted by molar-refractivity contribution is 5.94. The van der Waals surface area contributed by atoms with Gasteiger partial charge in [-0.3, -0.25) is 9.59 Å². The maximum absolute atomic E-state index is 11.3. The Bertz CT molecular complexity index is 561. The van der Waals surface area contributed by atoms with Gasteiger partial charge in [-0.15, -0.1) is 0 Å². The average molecular weight is 273 g/mol. The minimum Gasteiger partial charge on any atom is -0.481 e. The number of unbranched alkanes of at least 4 members (excludes halogenated alkanes) is 1. The molecule has 0 radical (unpaired) electrons. The number of amides is 1. The van der Waals surface area contributed by atoms with Gasteiger partial charge in [-0.25, -0.2) is 0 Å². The van der Waals surface area contributed by atoms with Crippen molar-refractivity contribution < 1.29 is 14.7 Å². The molecule has 0 saturated heterocycles. The molecule has 1 amide bonds. The molecule has 106 valence electrons. The summed E-state index contributed by atoms with van der Waals surface area (Å²) >= 11 is 0. The van der Waals surface area contributed by atoms with Crippen LogP contribution in [0.25, 0.3) is 5.57 Å². The van der Waals surface area contributed by atoms with Crippen molar-refractivity contribution in [3.8, 4) is 0 Å². The molecule has 4 nitrogen and oxygen atoms in total. The number of fused-ring (bicyclic) bond motifs is 1. The summed E-state index contributed by atoms with van der Waals surface area (Å²) in [7, 11) is 0. The van der Waals surface area contributed by atoms with Gasteiger partial charge in [0.2, 0.25) is 5.91 Å². The first kappa shape index (κ1) is 14.3. The number of anilines is 1. The highest BCUT2D eigenvalue weighted by Crippen LogP contribution is 2.26. The first-order valence-electron chi connectivity index (χ1n) is 6.88. The largest absolute Gasteiger partial charge is 0.481 e. The smallest absolute Gasteiger partial charge is 0.303 e. The van der Waals surface area contributed by atoms with Crippen LogP contribution in [0, 0.1) is 0 Å². The molecule has 0 unspecified atom stereocenters. The Morgan fingerprint density at radius 3 is 2.95 bits per heavy atom. The minimum atomic E-state index is -0.749. The molecule has 1 aromatic carbocycles. The molecule has 0 fully saturated rings. The zero-order chi connectivity index (χ0) is 14.5. The molecule has 0 spiro atoms. The first-order chi connectivity index (χ1) is 9.56. The number of allylic oxidation sites excluding steroid dienone is 2. The summed E-state index contributed by atoms with van der Waals surface area (Å²) in [6.45, 7) is 2.03. The lowest BCUT2D eigenvalue weighted by Crippen LogP contribution is -2.18. The van der Waals surface area contributed by atoms with Crippen LogP contribution in [0.4, 0.5) is 5.69 Å². The van der Waals surface area contributed by atoms with Crippen molar-refractivity contribution >= 4 is 23.1 Å². The Morgan fingerprint density at radius 1 is 1.40 bits per heavy atom. The maximum Gasteiger partial charge on any atom is 0.303 e. The van der Waals surface area contributed by atoms with Gasteiger partial charge in [0, 0.05) is 18.5 Å². The quantitative estimate of drug-likeness (QED) is 0.809. The lowest BCUT2D eigenvalue weighted by molar-refractivity contribution is -0.137. The number of aryl methyl sites for hydroxylation is 1. The normalized spacial score (nSPS) is 14.7. The van der Waals surface area contributed by atoms with Crippen molar-refractivity contribution in [2.75, 3.05) is 5.32 Å². The Labute approximate surface area is 118 Å². The predicted molar refractivity (Wildman–Crippen MR) is 78.5 cm³/mol. The van der Waals surface area contributed by atoms with Crippen molar-refractivity contribution in [2.24, 2.45) is 0 Å². The number of carboxylic acids is 1. The van der Waals surface area contributed by atoms with Crippen LogP contribution in [0.1, 0.15) is 43.7 Å². The van der Waals surface area contributed by atoms with Crippen LogP contribution in [0.15, 0.2) is 24.3 Å². The molecular formula is C16H19NO3. The number of nitrogens with one attached hydrogen (secondary N) is 1. The number of hydrogen-bond acceptors (Lipinski definition) is 2. The van der Waals surface area contributed by atoms with Crippen molar-refractivity contribution in [1.29, 1.82) is 0 Å². The van der Waals surface area contributed by atoms with Gasteiger partial charge in [0.25, 0.3) is 0 Å². The number of benzene rings is 1. The number of carboxylic acid groups (broad SMARTS) is 1. The zero-order valence-electron chi connectivity index (χ0n) is 11.6. The number of aliphatic carboxylic acids is 1. The van der Waals surface area contributed by atoms with E-state index in [1.54, 1.807) is 0 Å². The summed E-state index contributed by atoms with van der Waals surface area (Å²) in [5, 5.41) is 11.5. The molecule has 2 rings (SSSR count). The number of carbonyl (C=O) groups excluding carboxylic acids is 1. The Morgan fingerprint density at radius 2 is 2.20 bits per heavy atom. The van der Waals surface area contributed by atoms with E-state index in [-0.39, 0.29) is 12.3 Å². The van der Waals surface area contributed by atoms with Crippen LogP contribution in [-0.4, -0.2) is 17.0 Å². The third-order valence-electron chi connectivity index (χ3n) is 3.50. The monoisotopic (exact) mass is 273 g/mol. The van der Waals surface area contributed by atoms with Gasteiger partial charge >= 0.3 is 5.97 Å². The van der Waals surface area contributed by atoms with Crippen molar-refractivity contribution in [3.05, 3.63) is 35.4 Å². The predicted octanol–water partition coefficient (Wildman–Crippen LogP) is 3.23. The van der Waals surface area contributed by atoms with Crippen LogP contribution in [-0.2, 0) is 16.0 Å². The van der Waals surface area contributed by atoms with E-state index in [1.807, 2.05) is 19.1 Å². The van der Waals surface area contributed by atoms with Gasteiger partial charge in [-0.1, -0.05) is 12.1 Å². The fraction of sp³-hybridized carbons (Fsp3) is 0.375. The van der Waals surface area contributed by atoms with E-state index in [0.717, 1.165) is 29.7 Å². The van der Waals surface area contributed by atoms with Gasteiger partial charge in [-0.2, -0.15) is 0 Å². The van der Waals surface area contributed by atoms with Gasteiger partial charge in [0.05, 0.1) is 0 Å². The molecule has 0 bridgehead atoms. The summed E-state index contributed by atoms with van der Waals surface area (Å²) in [6.07, 6.45) is 5.03. The fourth-order valence-corrected chi connectivity index (χ4v) is 2.32. The van der Waals surface area contributed by atoms with E-state index in [0.29, 0.717) is 12.8 Å². The molecule has 0 aliphatic carbocycles. The van der Waals surface area contributed by atoms with Crippen molar-refractivity contribution in [3.63, 3.8) is 0 Å². The molecular weight excluding hydrogens is 254 g/mol. The van der Waals surface area contributed by atoms with E-state index < -0.39 is 5.97 Å². The van der Waals surface area contributed by atoms with E-state index in [2.05, 4.69) is 17.5 Å². The maximum atomic E-state index is 11.3. The third-order valence-corrected chi connectivity index (χ3v) is 3.50. The number of hydrogen-bond donors (Lipinski definition) is 2. The summed E-state index contributed by atoms with van der Waals surface area (Å²) in [5.41, 5.74) is 4.36. The summed E-state index contributed by atoms with van der Waals surface area (Å²) in [6, 6.07) is 6.04. The van der Waals surface area contributed by atoms with Gasteiger partial charge in [0.1, 0.15) is 0 Å². The summed E-state index contributed by atoms with van der Waals surface area (Å²) in [4.78, 5) is 21.7. The van der Waals surface area contributed by atoms with E-state index in [1.165, 1.54) is 5.56 Å². The van der Waals surface area contributed by atoms with Crippen LogP contribution in [0.5, 0.6) is 0 Å². The molecule has 0 saturated carbocycles. The number of rotatable bonds is 5. The standard InChI is InChI=1S/C16H19NO3/c1-11(4-2-3-5-16(19)20)12-6-8-14-13(10-12)7-9-15(18)17-14/h4,6,8,10H,2-3,5,7,9H2,1H3,(H,17,18)(H,19,20)/b11-4+. The number of carbonyl (C=O) groups is 2. The second-order valence-electron chi connectivity index (χ2n) is 5.09. The highest BCUT2D eigenvalue weighted by atomic mass is 16.4. The minimum absolute atomic E-state index is 0.0752. The topological polar surface area (TPSA) is 66.4 Å². The van der Waals surface area contributed by atoms with Crippen molar-refractivity contribution in [1.82, 2.24) is 0 Å². The molecule has 0 atom stereocenters. The zero-order valence-corrected chi connectivity index (χ0v) is 11.6. The van der Waals surface area contributed by atoms with Gasteiger partial charge in [0.15, 0.2) is 0 Å². The fourth-order valence-electron chi connectivity index (χ4n) is 2.32. The van der Waals surface area contributed by atoms with Gasteiger partial charge < -0.3 is 10.4 Å². The molecule has 1 aliphatic heterocycles. The van der Waals surface area contributed by atoms with Crippen LogP contribution in [0.2, 0.25) is 0 Å². The molecule has 1 aromatic rings. The van der Waals surface area contributed by atoms with E-state index in [4.69, 9.17) is 5.11 Å². The summed E-state index contributed by atoms with van der Waals surface area (Å²) in [5.74, 6) is -0.674. The van der Waals surface area contributed by atoms with Crippen LogP contribution in [0.3, 0.4) is 0 Å². The average Bonchev–Trinajstić information content (AvgIpc) is 2.42. The Hall–Kier alpha value is -2.10. The van der Waals surface area contributed by atoms with Crippen molar-refractivity contribution in [2.45, 2.75) is 39.0 Å². The molecule has 2 N–H and O–H groups in total. The first-order valence-corrected chi connectivity index (χ1v) is 6.88. The molecule has 1 aliphatic rings. The van der Waals surface area contributed by atoms with E-state index >= 15 is 0 Å². The molecule has 1 heterocycles. The second-order valence-corrected chi connectivity index (χ2v) is 5.09. The Balaban J connectivity index is 2.03. The van der Waals surface area contributed by atoms with E-state index in [9.17, 15) is 9.59 Å². The van der Waals surface area contributed by atoms with Gasteiger partial charge in [-0.05, 0) is 55.0 Å². The van der Waals surface area contributed by atoms with Crippen LogP contribution < -0.4 is 5.32 Å². The molecule has 4 heteroatoms. The third kappa shape index (κ3) is 3.70. The molecule has 0 aromatic heterocycles. The highest BCUT2D eigenvalue weighted by Gasteiger charge is 2.14. The molecule has 20 heavy (non-hydrogen) atoms. The second kappa shape index (κ2) is 6.37. The van der Waals surface area contributed by atoms with Crippen LogP contribution >= 0.6 is 0 Å². The summed E-state index contributed by atoms with van der Waals surface area (Å²) < 4.78 is 0. The SMILES string of the molecule is C/C(=C\CCCC(=O)O)c1ccc2c(c1)CCC(=O)N2.